The predicted molar refractivity (Wildman–Crippen MR) is 73.7 cm³/mol. The van der Waals surface area contributed by atoms with E-state index in [0.29, 0.717) is 5.56 Å². The van der Waals surface area contributed by atoms with Crippen molar-refractivity contribution in [1.82, 2.24) is 14.9 Å². The molecule has 1 amide bonds. The van der Waals surface area contributed by atoms with E-state index in [9.17, 15) is 4.79 Å². The van der Waals surface area contributed by atoms with Crippen LogP contribution in [-0.2, 0) is 0 Å². The molecule has 4 heteroatoms. The van der Waals surface area contributed by atoms with Gasteiger partial charge in [0.05, 0.1) is 11.6 Å². The first-order valence-corrected chi connectivity index (χ1v) is 6.20. The van der Waals surface area contributed by atoms with Gasteiger partial charge in [-0.1, -0.05) is 6.07 Å². The van der Waals surface area contributed by atoms with Crippen LogP contribution in [0.4, 0.5) is 0 Å². The molecule has 2 rings (SSSR count). The predicted octanol–water partition coefficient (Wildman–Crippen LogP) is 2.62. The number of aryl methyl sites for hydroxylation is 1. The Morgan fingerprint density at radius 1 is 1.26 bits per heavy atom. The molecule has 98 valence electrons. The Bertz CT molecular complexity index is 569. The molecule has 0 bridgehead atoms. The number of carbonyl (C=O) groups is 1. The largest absolute Gasteiger partial charge is 0.335 e. The number of hydrogen-bond donors (Lipinski definition) is 0. The van der Waals surface area contributed by atoms with Crippen molar-refractivity contribution < 1.29 is 4.79 Å². The second kappa shape index (κ2) is 5.61. The van der Waals surface area contributed by atoms with Gasteiger partial charge in [0.25, 0.3) is 5.91 Å². The lowest BCUT2D eigenvalue weighted by molar-refractivity contribution is 0.0741. The standard InChI is InChI=1S/C15H17N3O/c1-11-14(7-5-9-17-11)15(19)18(3)12(2)13-6-4-8-16-10-13/h4-10,12H,1-3H3/t12-/m0/s1. The number of carbonyl (C=O) groups excluding carboxylic acids is 1. The highest BCUT2D eigenvalue weighted by Gasteiger charge is 2.20. The SMILES string of the molecule is Cc1ncccc1C(=O)N(C)[C@@H](C)c1cccnc1. The lowest BCUT2D eigenvalue weighted by atomic mass is 10.1. The molecule has 1 atom stereocenters. The fourth-order valence-corrected chi connectivity index (χ4v) is 1.92. The minimum Gasteiger partial charge on any atom is -0.335 e. The molecule has 0 saturated carbocycles. The number of hydrogen-bond acceptors (Lipinski definition) is 3. The smallest absolute Gasteiger partial charge is 0.255 e. The van der Waals surface area contributed by atoms with E-state index in [0.717, 1.165) is 11.3 Å². The lowest BCUT2D eigenvalue weighted by Gasteiger charge is -2.25. The van der Waals surface area contributed by atoms with Crippen LogP contribution in [0.3, 0.4) is 0 Å². The summed E-state index contributed by atoms with van der Waals surface area (Å²) in [5, 5.41) is 0. The molecule has 0 fully saturated rings. The van der Waals surface area contributed by atoms with Crippen molar-refractivity contribution in [3.8, 4) is 0 Å². The van der Waals surface area contributed by atoms with Crippen molar-refractivity contribution in [3.63, 3.8) is 0 Å². The first kappa shape index (κ1) is 13.2. The van der Waals surface area contributed by atoms with Gasteiger partial charge in [0.1, 0.15) is 0 Å². The molecule has 0 unspecified atom stereocenters. The summed E-state index contributed by atoms with van der Waals surface area (Å²) in [4.78, 5) is 22.4. The van der Waals surface area contributed by atoms with Gasteiger partial charge in [0, 0.05) is 31.3 Å². The van der Waals surface area contributed by atoms with Crippen LogP contribution >= 0.6 is 0 Å². The quantitative estimate of drug-likeness (QED) is 0.847. The molecule has 0 N–H and O–H groups in total. The van der Waals surface area contributed by atoms with E-state index >= 15 is 0 Å². The molecular weight excluding hydrogens is 238 g/mol. The summed E-state index contributed by atoms with van der Waals surface area (Å²) >= 11 is 0. The second-order valence-corrected chi connectivity index (χ2v) is 4.51. The monoisotopic (exact) mass is 255 g/mol. The molecule has 4 nitrogen and oxygen atoms in total. The van der Waals surface area contributed by atoms with E-state index in [1.54, 1.807) is 42.7 Å². The molecule has 2 aromatic heterocycles. The summed E-state index contributed by atoms with van der Waals surface area (Å²) < 4.78 is 0. The van der Waals surface area contributed by atoms with Crippen LogP contribution in [0.25, 0.3) is 0 Å². The van der Waals surface area contributed by atoms with Gasteiger partial charge in [-0.25, -0.2) is 0 Å². The molecule has 0 spiro atoms. The van der Waals surface area contributed by atoms with Crippen molar-refractivity contribution in [2.75, 3.05) is 7.05 Å². The Hall–Kier alpha value is -2.23. The van der Waals surface area contributed by atoms with Gasteiger partial charge in [-0.2, -0.15) is 0 Å². The Morgan fingerprint density at radius 2 is 2.00 bits per heavy atom. The van der Waals surface area contributed by atoms with Crippen LogP contribution in [0.2, 0.25) is 0 Å². The molecule has 19 heavy (non-hydrogen) atoms. The summed E-state index contributed by atoms with van der Waals surface area (Å²) in [5.41, 5.74) is 2.40. The van der Waals surface area contributed by atoms with Crippen molar-refractivity contribution in [1.29, 1.82) is 0 Å². The molecule has 0 aliphatic carbocycles. The topological polar surface area (TPSA) is 46.1 Å². The normalized spacial score (nSPS) is 11.9. The molecule has 0 saturated heterocycles. The van der Waals surface area contributed by atoms with Gasteiger partial charge in [-0.05, 0) is 37.6 Å². The van der Waals surface area contributed by atoms with Gasteiger partial charge in [-0.3, -0.25) is 14.8 Å². The summed E-state index contributed by atoms with van der Waals surface area (Å²) in [6.45, 7) is 3.83. The number of aromatic nitrogens is 2. The minimum absolute atomic E-state index is 0.0260. The van der Waals surface area contributed by atoms with E-state index in [4.69, 9.17) is 0 Å². The van der Waals surface area contributed by atoms with E-state index in [2.05, 4.69) is 9.97 Å². The summed E-state index contributed by atoms with van der Waals surface area (Å²) in [6, 6.07) is 7.40. The Kier molecular flexibility index (Phi) is 3.90. The first-order valence-electron chi connectivity index (χ1n) is 6.20. The third-order valence-electron chi connectivity index (χ3n) is 3.31. The van der Waals surface area contributed by atoms with E-state index in [-0.39, 0.29) is 11.9 Å². The number of pyridine rings is 2. The highest BCUT2D eigenvalue weighted by molar-refractivity contribution is 5.95. The summed E-state index contributed by atoms with van der Waals surface area (Å²) in [6.07, 6.45) is 5.20. The highest BCUT2D eigenvalue weighted by Crippen LogP contribution is 2.20. The Labute approximate surface area is 113 Å². The first-order chi connectivity index (χ1) is 9.11. The maximum absolute atomic E-state index is 12.4. The lowest BCUT2D eigenvalue weighted by Crippen LogP contribution is -2.30. The number of amides is 1. The zero-order valence-corrected chi connectivity index (χ0v) is 11.4. The molecule has 0 aliphatic heterocycles. The van der Waals surface area contributed by atoms with Crippen LogP contribution in [0, 0.1) is 6.92 Å². The van der Waals surface area contributed by atoms with Gasteiger partial charge < -0.3 is 4.90 Å². The zero-order valence-electron chi connectivity index (χ0n) is 11.4. The van der Waals surface area contributed by atoms with E-state index in [1.165, 1.54) is 0 Å². The summed E-state index contributed by atoms with van der Waals surface area (Å²) in [5.74, 6) is -0.0260. The van der Waals surface area contributed by atoms with Crippen molar-refractivity contribution in [2.45, 2.75) is 19.9 Å². The van der Waals surface area contributed by atoms with Crippen LogP contribution in [-0.4, -0.2) is 27.8 Å². The van der Waals surface area contributed by atoms with Gasteiger partial charge in [-0.15, -0.1) is 0 Å². The average molecular weight is 255 g/mol. The zero-order chi connectivity index (χ0) is 13.8. The van der Waals surface area contributed by atoms with Crippen molar-refractivity contribution >= 4 is 5.91 Å². The van der Waals surface area contributed by atoms with Gasteiger partial charge in [0.2, 0.25) is 0 Å². The molecule has 0 aromatic carbocycles. The van der Waals surface area contributed by atoms with Crippen LogP contribution in [0.5, 0.6) is 0 Å². The second-order valence-electron chi connectivity index (χ2n) is 4.51. The molecule has 0 radical (unpaired) electrons. The van der Waals surface area contributed by atoms with E-state index < -0.39 is 0 Å². The van der Waals surface area contributed by atoms with Crippen LogP contribution < -0.4 is 0 Å². The minimum atomic E-state index is -0.0270. The average Bonchev–Trinajstić information content (AvgIpc) is 2.46. The van der Waals surface area contributed by atoms with Crippen molar-refractivity contribution in [3.05, 3.63) is 59.7 Å². The van der Waals surface area contributed by atoms with Crippen LogP contribution in [0.1, 0.15) is 34.6 Å². The molecule has 2 aromatic rings. The fraction of sp³-hybridized carbons (Fsp3) is 0.267. The maximum atomic E-state index is 12.4. The van der Waals surface area contributed by atoms with Gasteiger partial charge >= 0.3 is 0 Å². The molecule has 2 heterocycles. The number of rotatable bonds is 3. The maximum Gasteiger partial charge on any atom is 0.255 e. The Balaban J connectivity index is 2.23. The third kappa shape index (κ3) is 2.78. The summed E-state index contributed by atoms with van der Waals surface area (Å²) in [7, 11) is 1.80. The molecule has 0 aliphatic rings. The fourth-order valence-electron chi connectivity index (χ4n) is 1.92. The van der Waals surface area contributed by atoms with E-state index in [1.807, 2.05) is 26.0 Å². The third-order valence-corrected chi connectivity index (χ3v) is 3.31. The van der Waals surface area contributed by atoms with Crippen molar-refractivity contribution in [2.24, 2.45) is 0 Å². The Morgan fingerprint density at radius 3 is 2.63 bits per heavy atom. The van der Waals surface area contributed by atoms with Gasteiger partial charge in [0.15, 0.2) is 0 Å². The van der Waals surface area contributed by atoms with Crippen LogP contribution in [0.15, 0.2) is 42.9 Å². The highest BCUT2D eigenvalue weighted by atomic mass is 16.2. The number of nitrogens with zero attached hydrogens (tertiary/aromatic N) is 3. The molecular formula is C15H17N3O.